The van der Waals surface area contributed by atoms with Crippen LogP contribution in [0.5, 0.6) is 0 Å². The van der Waals surface area contributed by atoms with E-state index in [0.29, 0.717) is 28.4 Å². The summed E-state index contributed by atoms with van der Waals surface area (Å²) in [5.74, 6) is -0.621. The van der Waals surface area contributed by atoms with Gasteiger partial charge in [0, 0.05) is 22.5 Å². The second kappa shape index (κ2) is 7.49. The van der Waals surface area contributed by atoms with Crippen LogP contribution in [0.1, 0.15) is 27.2 Å². The van der Waals surface area contributed by atoms with Crippen LogP contribution in [0, 0.1) is 12.7 Å². The van der Waals surface area contributed by atoms with Gasteiger partial charge in [-0.15, -0.1) is 0 Å². The number of furan rings is 1. The molecule has 0 aliphatic carbocycles. The third-order valence-electron chi connectivity index (χ3n) is 4.62. The number of carbonyl (C=O) groups is 1. The molecule has 3 aromatic carbocycles. The lowest BCUT2D eigenvalue weighted by Gasteiger charge is -2.08. The molecule has 1 aromatic heterocycles. The van der Waals surface area contributed by atoms with E-state index in [1.165, 1.54) is 6.07 Å². The van der Waals surface area contributed by atoms with Crippen LogP contribution in [-0.2, 0) is 6.54 Å². The normalized spacial score (nSPS) is 11.0. The molecule has 0 saturated heterocycles. The first kappa shape index (κ1) is 18.3. The highest BCUT2D eigenvalue weighted by Crippen LogP contribution is 2.33. The molecule has 0 atom stereocenters. The van der Waals surface area contributed by atoms with Gasteiger partial charge in [0.15, 0.2) is 5.76 Å². The van der Waals surface area contributed by atoms with Crippen molar-refractivity contribution in [3.05, 3.63) is 100 Å². The van der Waals surface area contributed by atoms with Crippen molar-refractivity contribution < 1.29 is 13.6 Å². The molecule has 0 saturated carbocycles. The monoisotopic (exact) mass is 393 g/mol. The molecule has 0 aliphatic heterocycles. The average molecular weight is 394 g/mol. The van der Waals surface area contributed by atoms with Crippen LogP contribution >= 0.6 is 11.6 Å². The van der Waals surface area contributed by atoms with Crippen LogP contribution in [0.2, 0.25) is 5.02 Å². The highest BCUT2D eigenvalue weighted by atomic mass is 35.5. The lowest BCUT2D eigenvalue weighted by atomic mass is 10.0. The number of ketones is 1. The second-order valence-corrected chi connectivity index (χ2v) is 7.01. The Balaban J connectivity index is 1.73. The Labute approximate surface area is 166 Å². The van der Waals surface area contributed by atoms with Crippen molar-refractivity contribution in [2.24, 2.45) is 0 Å². The highest BCUT2D eigenvalue weighted by Gasteiger charge is 2.22. The van der Waals surface area contributed by atoms with Gasteiger partial charge >= 0.3 is 0 Å². The summed E-state index contributed by atoms with van der Waals surface area (Å²) in [5, 5.41) is 4.76. The predicted octanol–water partition coefficient (Wildman–Crippen LogP) is 6.38. The first-order valence-corrected chi connectivity index (χ1v) is 9.21. The largest absolute Gasteiger partial charge is 0.450 e. The number of aryl methyl sites for hydroxylation is 1. The zero-order valence-electron chi connectivity index (χ0n) is 15.1. The van der Waals surface area contributed by atoms with Gasteiger partial charge in [-0.1, -0.05) is 48.0 Å². The Hall–Kier alpha value is -3.11. The minimum absolute atomic E-state index is 0.165. The quantitative estimate of drug-likeness (QED) is 0.400. The number of anilines is 1. The van der Waals surface area contributed by atoms with Crippen molar-refractivity contribution >= 4 is 34.0 Å². The smallest absolute Gasteiger partial charge is 0.230 e. The fourth-order valence-electron chi connectivity index (χ4n) is 3.04. The van der Waals surface area contributed by atoms with Crippen LogP contribution in [0.15, 0.2) is 71.1 Å². The number of benzene rings is 3. The van der Waals surface area contributed by atoms with Gasteiger partial charge in [-0.25, -0.2) is 4.39 Å². The van der Waals surface area contributed by atoms with Gasteiger partial charge in [0.05, 0.1) is 5.69 Å². The number of halogens is 2. The average Bonchev–Trinajstić information content (AvgIpc) is 3.08. The molecule has 0 fully saturated rings. The van der Waals surface area contributed by atoms with E-state index in [4.69, 9.17) is 16.0 Å². The summed E-state index contributed by atoms with van der Waals surface area (Å²) in [5.41, 5.74) is 2.93. The number of hydrogen-bond donors (Lipinski definition) is 1. The molecule has 4 rings (SSSR count). The Morgan fingerprint density at radius 2 is 1.82 bits per heavy atom. The number of rotatable bonds is 5. The van der Waals surface area contributed by atoms with Crippen molar-refractivity contribution in [1.29, 1.82) is 0 Å². The lowest BCUT2D eigenvalue weighted by Crippen LogP contribution is -2.07. The Morgan fingerprint density at radius 3 is 2.57 bits per heavy atom. The van der Waals surface area contributed by atoms with E-state index in [2.05, 4.69) is 5.32 Å². The Morgan fingerprint density at radius 1 is 1.07 bits per heavy atom. The van der Waals surface area contributed by atoms with Gasteiger partial charge in [-0.05, 0) is 48.4 Å². The predicted molar refractivity (Wildman–Crippen MR) is 110 cm³/mol. The molecule has 0 bridgehead atoms. The summed E-state index contributed by atoms with van der Waals surface area (Å²) in [6.07, 6.45) is 0. The summed E-state index contributed by atoms with van der Waals surface area (Å²) in [6, 6.07) is 19.3. The zero-order valence-corrected chi connectivity index (χ0v) is 15.9. The summed E-state index contributed by atoms with van der Waals surface area (Å²) >= 11 is 5.94. The van der Waals surface area contributed by atoms with E-state index in [-0.39, 0.29) is 17.1 Å². The summed E-state index contributed by atoms with van der Waals surface area (Å²) in [4.78, 5) is 13.0. The SMILES string of the molecule is Cc1ccc(C(=O)c2oc3ccccc3c2NCc2ccc(Cl)cc2)cc1F. The van der Waals surface area contributed by atoms with Gasteiger partial charge < -0.3 is 9.73 Å². The fourth-order valence-corrected chi connectivity index (χ4v) is 3.16. The molecule has 1 N–H and O–H groups in total. The molecular formula is C23H17ClFNO2. The number of hydrogen-bond acceptors (Lipinski definition) is 3. The topological polar surface area (TPSA) is 42.2 Å². The molecule has 140 valence electrons. The van der Waals surface area contributed by atoms with E-state index >= 15 is 0 Å². The van der Waals surface area contributed by atoms with Crippen LogP contribution in [0.3, 0.4) is 0 Å². The van der Waals surface area contributed by atoms with Gasteiger partial charge in [0.2, 0.25) is 5.78 Å². The van der Waals surface area contributed by atoms with Crippen molar-refractivity contribution in [2.75, 3.05) is 5.32 Å². The van der Waals surface area contributed by atoms with Gasteiger partial charge in [0.25, 0.3) is 0 Å². The summed E-state index contributed by atoms with van der Waals surface area (Å²) in [7, 11) is 0. The van der Waals surface area contributed by atoms with Gasteiger partial charge in [0.1, 0.15) is 11.4 Å². The molecule has 0 spiro atoms. The Kier molecular flexibility index (Phi) is 4.88. The summed E-state index contributed by atoms with van der Waals surface area (Å²) < 4.78 is 19.8. The van der Waals surface area contributed by atoms with E-state index in [0.717, 1.165) is 10.9 Å². The standard InChI is InChI=1S/C23H17ClFNO2/c1-14-6-9-16(12-19(14)25)22(27)23-21(18-4-2-3-5-20(18)28-23)26-13-15-7-10-17(24)11-8-15/h2-12,26H,13H2,1H3. The van der Waals surface area contributed by atoms with E-state index < -0.39 is 5.82 Å². The van der Waals surface area contributed by atoms with Crippen LogP contribution in [0.4, 0.5) is 10.1 Å². The Bertz CT molecular complexity index is 1170. The molecule has 3 nitrogen and oxygen atoms in total. The maximum atomic E-state index is 14.0. The second-order valence-electron chi connectivity index (χ2n) is 6.58. The molecule has 0 amide bonds. The maximum absolute atomic E-state index is 14.0. The minimum atomic E-state index is -0.419. The molecule has 5 heteroatoms. The number of fused-ring (bicyclic) bond motifs is 1. The van der Waals surface area contributed by atoms with Crippen molar-refractivity contribution in [3.8, 4) is 0 Å². The van der Waals surface area contributed by atoms with Crippen molar-refractivity contribution in [1.82, 2.24) is 0 Å². The van der Waals surface area contributed by atoms with E-state index in [1.54, 1.807) is 25.1 Å². The van der Waals surface area contributed by atoms with Crippen LogP contribution < -0.4 is 5.32 Å². The fraction of sp³-hybridized carbons (Fsp3) is 0.0870. The van der Waals surface area contributed by atoms with Crippen molar-refractivity contribution in [2.45, 2.75) is 13.5 Å². The van der Waals surface area contributed by atoms with Crippen LogP contribution in [0.25, 0.3) is 11.0 Å². The van der Waals surface area contributed by atoms with Crippen molar-refractivity contribution in [3.63, 3.8) is 0 Å². The highest BCUT2D eigenvalue weighted by molar-refractivity contribution is 6.30. The first-order chi connectivity index (χ1) is 13.5. The minimum Gasteiger partial charge on any atom is -0.450 e. The first-order valence-electron chi connectivity index (χ1n) is 8.83. The molecule has 0 aliphatic rings. The van der Waals surface area contributed by atoms with Crippen LogP contribution in [-0.4, -0.2) is 5.78 Å². The lowest BCUT2D eigenvalue weighted by molar-refractivity contribution is 0.101. The van der Waals surface area contributed by atoms with E-state index in [1.807, 2.05) is 42.5 Å². The number of nitrogens with one attached hydrogen (secondary N) is 1. The molecule has 0 unspecified atom stereocenters. The third-order valence-corrected chi connectivity index (χ3v) is 4.87. The molecule has 1 heterocycles. The zero-order chi connectivity index (χ0) is 19.7. The molecular weight excluding hydrogens is 377 g/mol. The number of carbonyl (C=O) groups excluding carboxylic acids is 1. The van der Waals surface area contributed by atoms with E-state index in [9.17, 15) is 9.18 Å². The molecule has 4 aromatic rings. The third kappa shape index (κ3) is 3.51. The van der Waals surface area contributed by atoms with Gasteiger partial charge in [-0.2, -0.15) is 0 Å². The maximum Gasteiger partial charge on any atom is 0.230 e. The molecule has 0 radical (unpaired) electrons. The number of para-hydroxylation sites is 1. The molecule has 28 heavy (non-hydrogen) atoms. The summed E-state index contributed by atoms with van der Waals surface area (Å²) in [6.45, 7) is 2.15. The van der Waals surface area contributed by atoms with Gasteiger partial charge in [-0.3, -0.25) is 4.79 Å².